The smallest absolute Gasteiger partial charge is 0.231 e. The quantitative estimate of drug-likeness (QED) is 0.537. The van der Waals surface area contributed by atoms with Crippen LogP contribution in [0.5, 0.6) is 17.2 Å². The zero-order valence-electron chi connectivity index (χ0n) is 11.6. The van der Waals surface area contributed by atoms with Crippen LogP contribution in [0, 0.1) is 0 Å². The van der Waals surface area contributed by atoms with Gasteiger partial charge in [0, 0.05) is 19.3 Å². The van der Waals surface area contributed by atoms with E-state index >= 15 is 0 Å². The van der Waals surface area contributed by atoms with Crippen LogP contribution in [-0.4, -0.2) is 39.2 Å². The standard InChI is InChI=1S/C14H18O6/c1-3-16-14(17-4-2)8-18-11-6-13-12(19-9-20-13)5-10(11)7-15/h5-7,14H,3-4,8-9H2,1-2H3. The van der Waals surface area contributed by atoms with Crippen LogP contribution in [0.4, 0.5) is 0 Å². The lowest BCUT2D eigenvalue weighted by Gasteiger charge is -2.18. The van der Waals surface area contributed by atoms with Crippen molar-refractivity contribution >= 4 is 6.29 Å². The third kappa shape index (κ3) is 3.40. The van der Waals surface area contributed by atoms with Gasteiger partial charge in [-0.1, -0.05) is 0 Å². The number of aldehydes is 1. The van der Waals surface area contributed by atoms with Gasteiger partial charge in [-0.3, -0.25) is 4.79 Å². The summed E-state index contributed by atoms with van der Waals surface area (Å²) in [6.45, 7) is 5.15. The van der Waals surface area contributed by atoms with Crippen LogP contribution >= 0.6 is 0 Å². The predicted molar refractivity (Wildman–Crippen MR) is 70.5 cm³/mol. The summed E-state index contributed by atoms with van der Waals surface area (Å²) in [5.74, 6) is 1.54. The van der Waals surface area contributed by atoms with E-state index in [0.717, 1.165) is 0 Å². The van der Waals surface area contributed by atoms with Crippen LogP contribution in [0.3, 0.4) is 0 Å². The largest absolute Gasteiger partial charge is 0.487 e. The van der Waals surface area contributed by atoms with Gasteiger partial charge in [-0.2, -0.15) is 0 Å². The molecule has 2 rings (SSSR count). The molecule has 0 bridgehead atoms. The first-order valence-corrected chi connectivity index (χ1v) is 6.53. The van der Waals surface area contributed by atoms with Crippen LogP contribution < -0.4 is 14.2 Å². The second kappa shape index (κ2) is 7.12. The fourth-order valence-electron chi connectivity index (χ4n) is 1.83. The van der Waals surface area contributed by atoms with Crippen molar-refractivity contribution in [2.24, 2.45) is 0 Å². The first kappa shape index (κ1) is 14.6. The van der Waals surface area contributed by atoms with E-state index in [-0.39, 0.29) is 13.4 Å². The third-order valence-electron chi connectivity index (χ3n) is 2.71. The molecule has 110 valence electrons. The Labute approximate surface area is 117 Å². The molecule has 6 nitrogen and oxygen atoms in total. The summed E-state index contributed by atoms with van der Waals surface area (Å²) in [5.41, 5.74) is 0.404. The maximum Gasteiger partial charge on any atom is 0.231 e. The lowest BCUT2D eigenvalue weighted by molar-refractivity contribution is -0.152. The third-order valence-corrected chi connectivity index (χ3v) is 2.71. The molecule has 0 aliphatic carbocycles. The molecule has 0 saturated carbocycles. The van der Waals surface area contributed by atoms with Crippen molar-refractivity contribution in [3.05, 3.63) is 17.7 Å². The lowest BCUT2D eigenvalue weighted by atomic mass is 10.2. The van der Waals surface area contributed by atoms with Crippen molar-refractivity contribution < 1.29 is 28.5 Å². The number of ether oxygens (including phenoxy) is 5. The number of rotatable bonds is 8. The Morgan fingerprint density at radius 3 is 2.45 bits per heavy atom. The van der Waals surface area contributed by atoms with Gasteiger partial charge in [-0.25, -0.2) is 0 Å². The van der Waals surface area contributed by atoms with Gasteiger partial charge in [0.2, 0.25) is 6.79 Å². The van der Waals surface area contributed by atoms with Gasteiger partial charge >= 0.3 is 0 Å². The molecular formula is C14H18O6. The lowest BCUT2D eigenvalue weighted by Crippen LogP contribution is -2.25. The number of hydrogen-bond acceptors (Lipinski definition) is 6. The van der Waals surface area contributed by atoms with Crippen LogP contribution in [0.1, 0.15) is 24.2 Å². The summed E-state index contributed by atoms with van der Waals surface area (Å²) >= 11 is 0. The summed E-state index contributed by atoms with van der Waals surface area (Å²) in [6.07, 6.45) is 0.253. The minimum atomic E-state index is -0.463. The molecule has 1 aromatic carbocycles. The number of hydrogen-bond donors (Lipinski definition) is 0. The maximum atomic E-state index is 11.1. The highest BCUT2D eigenvalue weighted by Gasteiger charge is 2.19. The molecule has 1 aromatic rings. The van der Waals surface area contributed by atoms with E-state index in [0.29, 0.717) is 42.3 Å². The van der Waals surface area contributed by atoms with E-state index in [1.807, 2.05) is 13.8 Å². The second-order valence-electron chi connectivity index (χ2n) is 4.01. The molecule has 0 N–H and O–H groups in total. The predicted octanol–water partition coefficient (Wildman–Crippen LogP) is 2.01. The van der Waals surface area contributed by atoms with Crippen molar-refractivity contribution in [1.82, 2.24) is 0 Å². The van der Waals surface area contributed by atoms with Crippen molar-refractivity contribution in [3.8, 4) is 17.2 Å². The van der Waals surface area contributed by atoms with Gasteiger partial charge in [0.1, 0.15) is 12.4 Å². The van der Waals surface area contributed by atoms with Crippen molar-refractivity contribution in [3.63, 3.8) is 0 Å². The van der Waals surface area contributed by atoms with Gasteiger partial charge in [0.25, 0.3) is 0 Å². The highest BCUT2D eigenvalue weighted by Crippen LogP contribution is 2.37. The van der Waals surface area contributed by atoms with E-state index in [9.17, 15) is 4.79 Å². The average Bonchev–Trinajstić information content (AvgIpc) is 2.91. The number of carbonyl (C=O) groups excluding carboxylic acids is 1. The highest BCUT2D eigenvalue weighted by molar-refractivity contribution is 5.81. The summed E-state index contributed by atoms with van der Waals surface area (Å²) in [7, 11) is 0. The van der Waals surface area contributed by atoms with Gasteiger partial charge in [-0.15, -0.1) is 0 Å². The van der Waals surface area contributed by atoms with Gasteiger partial charge in [0.15, 0.2) is 24.1 Å². The molecule has 0 radical (unpaired) electrons. The highest BCUT2D eigenvalue weighted by atomic mass is 16.7. The molecule has 0 saturated heterocycles. The molecule has 0 fully saturated rings. The Bertz CT molecular complexity index is 453. The average molecular weight is 282 g/mol. The molecule has 0 aromatic heterocycles. The molecule has 0 unspecified atom stereocenters. The van der Waals surface area contributed by atoms with E-state index in [1.165, 1.54) is 0 Å². The van der Waals surface area contributed by atoms with Crippen molar-refractivity contribution in [2.45, 2.75) is 20.1 Å². The topological polar surface area (TPSA) is 63.2 Å². The molecule has 0 atom stereocenters. The summed E-state index contributed by atoms with van der Waals surface area (Å²) in [6, 6.07) is 3.24. The monoisotopic (exact) mass is 282 g/mol. The first-order valence-electron chi connectivity index (χ1n) is 6.53. The molecule has 6 heteroatoms. The van der Waals surface area contributed by atoms with Gasteiger partial charge in [0.05, 0.1) is 5.56 Å². The van der Waals surface area contributed by atoms with E-state index in [4.69, 9.17) is 23.7 Å². The zero-order valence-corrected chi connectivity index (χ0v) is 11.6. The van der Waals surface area contributed by atoms with Crippen molar-refractivity contribution in [2.75, 3.05) is 26.6 Å². The maximum absolute atomic E-state index is 11.1. The fraction of sp³-hybridized carbons (Fsp3) is 0.500. The molecule has 0 spiro atoms. The van der Waals surface area contributed by atoms with Crippen LogP contribution in [0.25, 0.3) is 0 Å². The Hall–Kier alpha value is -1.79. The zero-order chi connectivity index (χ0) is 14.4. The molecule has 1 heterocycles. The second-order valence-corrected chi connectivity index (χ2v) is 4.01. The summed E-state index contributed by atoms with van der Waals surface area (Å²) < 4.78 is 26.8. The Kier molecular flexibility index (Phi) is 5.20. The molecular weight excluding hydrogens is 264 g/mol. The van der Waals surface area contributed by atoms with Crippen LogP contribution in [0.15, 0.2) is 12.1 Å². The minimum absolute atomic E-state index is 0.150. The van der Waals surface area contributed by atoms with E-state index in [2.05, 4.69) is 0 Å². The van der Waals surface area contributed by atoms with E-state index in [1.54, 1.807) is 12.1 Å². The van der Waals surface area contributed by atoms with Gasteiger partial charge < -0.3 is 23.7 Å². The molecule has 20 heavy (non-hydrogen) atoms. The SMILES string of the molecule is CCOC(COc1cc2c(cc1C=O)OCO2)OCC. The Balaban J connectivity index is 2.06. The minimum Gasteiger partial charge on any atom is -0.487 e. The Morgan fingerprint density at radius 1 is 1.20 bits per heavy atom. The summed E-state index contributed by atoms with van der Waals surface area (Å²) in [4.78, 5) is 11.1. The van der Waals surface area contributed by atoms with Crippen LogP contribution in [0.2, 0.25) is 0 Å². The van der Waals surface area contributed by atoms with Crippen LogP contribution in [-0.2, 0) is 9.47 Å². The van der Waals surface area contributed by atoms with Gasteiger partial charge in [-0.05, 0) is 19.9 Å². The summed E-state index contributed by atoms with van der Waals surface area (Å²) in [5, 5.41) is 0. The first-order chi connectivity index (χ1) is 9.78. The number of carbonyl (C=O) groups is 1. The Morgan fingerprint density at radius 2 is 1.85 bits per heavy atom. The normalized spacial score (nSPS) is 12.8. The van der Waals surface area contributed by atoms with E-state index < -0.39 is 6.29 Å². The van der Waals surface area contributed by atoms with Crippen molar-refractivity contribution in [1.29, 1.82) is 0 Å². The molecule has 1 aliphatic heterocycles. The number of fused-ring (bicyclic) bond motifs is 1. The molecule has 0 amide bonds. The molecule has 1 aliphatic rings. The number of benzene rings is 1. The fourth-order valence-corrected chi connectivity index (χ4v) is 1.83.